The Morgan fingerprint density at radius 2 is 2.19 bits per heavy atom. The number of ether oxygens (including phenoxy) is 1. The Balaban J connectivity index is 2.12. The second-order valence-electron chi connectivity index (χ2n) is 6.47. The maximum atomic E-state index is 14.1. The molecule has 26 heavy (non-hydrogen) atoms. The molecule has 6 nitrogen and oxygen atoms in total. The Hall–Kier alpha value is -2.93. The summed E-state index contributed by atoms with van der Waals surface area (Å²) in [5.74, 6) is -0.569. The molecule has 0 saturated heterocycles. The van der Waals surface area contributed by atoms with Crippen LogP contribution < -0.4 is 4.74 Å². The van der Waals surface area contributed by atoms with Crippen molar-refractivity contribution in [1.82, 2.24) is 9.88 Å². The summed E-state index contributed by atoms with van der Waals surface area (Å²) < 4.78 is 27.5. The van der Waals surface area contributed by atoms with Crippen LogP contribution in [0.5, 0.6) is 11.6 Å². The van der Waals surface area contributed by atoms with Gasteiger partial charge in [0.2, 0.25) is 5.88 Å². The SMILES string of the molecule is [3H]c1cc(F)cc(-c2cc3c(N=O)c(O)[nH]c3c3c2CCN(C)C3)c1OC. The third-order valence-electron chi connectivity index (χ3n) is 4.90. The first kappa shape index (κ1) is 15.3. The number of nitroso groups, excluding NO2 is 1. The molecule has 0 saturated carbocycles. The number of hydrogen-bond donors (Lipinski definition) is 2. The van der Waals surface area contributed by atoms with Crippen LogP contribution in [-0.2, 0) is 13.0 Å². The maximum Gasteiger partial charge on any atom is 0.219 e. The number of fused-ring (bicyclic) bond motifs is 3. The van der Waals surface area contributed by atoms with Crippen molar-refractivity contribution in [3.8, 4) is 22.8 Å². The van der Waals surface area contributed by atoms with Crippen LogP contribution in [0.25, 0.3) is 22.0 Å². The Morgan fingerprint density at radius 3 is 2.92 bits per heavy atom. The number of benzene rings is 2. The third kappa shape index (κ3) is 2.43. The molecule has 0 radical (unpaired) electrons. The molecular weight excluding hydrogens is 337 g/mol. The fourth-order valence-electron chi connectivity index (χ4n) is 3.69. The molecular formula is C19H18FN3O3. The average molecular weight is 357 g/mol. The van der Waals surface area contributed by atoms with Crippen LogP contribution in [0.2, 0.25) is 0 Å². The first-order chi connectivity index (χ1) is 12.9. The molecule has 3 aromatic rings. The highest BCUT2D eigenvalue weighted by Crippen LogP contribution is 2.44. The van der Waals surface area contributed by atoms with Crippen molar-refractivity contribution >= 4 is 16.6 Å². The van der Waals surface area contributed by atoms with E-state index in [1.54, 1.807) is 6.07 Å². The molecule has 0 amide bonds. The lowest BCUT2D eigenvalue weighted by Gasteiger charge is -2.28. The van der Waals surface area contributed by atoms with Crippen LogP contribution in [0.3, 0.4) is 0 Å². The van der Waals surface area contributed by atoms with Gasteiger partial charge in [-0.05, 0) is 59.6 Å². The largest absolute Gasteiger partial charge is 0.496 e. The zero-order chi connectivity index (χ0) is 19.3. The van der Waals surface area contributed by atoms with E-state index in [0.717, 1.165) is 23.7 Å². The minimum absolute atomic E-state index is 0.0556. The van der Waals surface area contributed by atoms with E-state index in [1.807, 2.05) is 7.05 Å². The monoisotopic (exact) mass is 357 g/mol. The first-order valence-corrected chi connectivity index (χ1v) is 8.20. The second kappa shape index (κ2) is 6.10. The summed E-state index contributed by atoms with van der Waals surface area (Å²) in [7, 11) is 3.42. The van der Waals surface area contributed by atoms with E-state index in [1.165, 1.54) is 13.2 Å². The molecule has 1 aliphatic rings. The fourth-order valence-corrected chi connectivity index (χ4v) is 3.69. The second-order valence-corrected chi connectivity index (χ2v) is 6.47. The van der Waals surface area contributed by atoms with E-state index >= 15 is 0 Å². The summed E-state index contributed by atoms with van der Waals surface area (Å²) in [6.45, 7) is 1.41. The van der Waals surface area contributed by atoms with E-state index in [-0.39, 0.29) is 23.4 Å². The lowest BCUT2D eigenvalue weighted by molar-refractivity contribution is 0.314. The van der Waals surface area contributed by atoms with Gasteiger partial charge in [0.25, 0.3) is 0 Å². The lowest BCUT2D eigenvalue weighted by Crippen LogP contribution is -2.27. The normalized spacial score (nSPS) is 15.0. The van der Waals surface area contributed by atoms with Gasteiger partial charge in [0.05, 0.1) is 14.0 Å². The van der Waals surface area contributed by atoms with E-state index < -0.39 is 5.82 Å². The number of H-pyrrole nitrogens is 1. The van der Waals surface area contributed by atoms with Gasteiger partial charge >= 0.3 is 0 Å². The van der Waals surface area contributed by atoms with Gasteiger partial charge in [0.15, 0.2) is 5.69 Å². The van der Waals surface area contributed by atoms with Gasteiger partial charge < -0.3 is 19.7 Å². The zero-order valence-electron chi connectivity index (χ0n) is 15.4. The quantitative estimate of drug-likeness (QED) is 0.693. The van der Waals surface area contributed by atoms with Gasteiger partial charge in [-0.1, -0.05) is 0 Å². The van der Waals surface area contributed by atoms with Gasteiger partial charge in [-0.15, -0.1) is 4.91 Å². The predicted molar refractivity (Wildman–Crippen MR) is 97.4 cm³/mol. The predicted octanol–water partition coefficient (Wildman–Crippen LogP) is 4.07. The Labute approximate surface area is 150 Å². The van der Waals surface area contributed by atoms with Crippen molar-refractivity contribution in [2.24, 2.45) is 5.18 Å². The molecule has 0 bridgehead atoms. The van der Waals surface area contributed by atoms with Crippen LogP contribution in [0.4, 0.5) is 10.1 Å². The van der Waals surface area contributed by atoms with Crippen LogP contribution in [-0.4, -0.2) is 35.7 Å². The molecule has 2 heterocycles. The molecule has 0 atom stereocenters. The molecule has 2 N–H and O–H groups in total. The van der Waals surface area contributed by atoms with Crippen molar-refractivity contribution in [2.75, 3.05) is 20.7 Å². The molecule has 134 valence electrons. The molecule has 7 heteroatoms. The summed E-state index contributed by atoms with van der Waals surface area (Å²) in [4.78, 5) is 16.2. The molecule has 0 aliphatic carbocycles. The number of aromatic amines is 1. The number of aromatic nitrogens is 1. The highest BCUT2D eigenvalue weighted by Gasteiger charge is 2.25. The molecule has 0 unspecified atom stereocenters. The number of likely N-dealkylation sites (N-methyl/N-ethyl adjacent to an activating group) is 1. The third-order valence-corrected chi connectivity index (χ3v) is 4.90. The standard InChI is InChI=1S/C19H18FN3O3/c1-23-6-5-11-12(13-7-10(20)3-4-16(13)26-2)8-14-17(15(11)9-23)21-19(24)18(14)22-25/h3-4,7-8,21,24H,5-6,9H2,1-2H3/i4T. The van der Waals surface area contributed by atoms with Crippen LogP contribution >= 0.6 is 0 Å². The molecule has 0 fully saturated rings. The topological polar surface area (TPSA) is 77.9 Å². The Bertz CT molecular complexity index is 1080. The van der Waals surface area contributed by atoms with E-state index in [9.17, 15) is 14.4 Å². The van der Waals surface area contributed by atoms with Gasteiger partial charge in [-0.3, -0.25) is 0 Å². The van der Waals surface area contributed by atoms with Crippen molar-refractivity contribution in [1.29, 1.82) is 0 Å². The summed E-state index contributed by atoms with van der Waals surface area (Å²) in [5, 5.41) is 13.5. The smallest absolute Gasteiger partial charge is 0.219 e. The highest BCUT2D eigenvalue weighted by molar-refractivity contribution is 6.00. The summed E-state index contributed by atoms with van der Waals surface area (Å²) in [6.07, 6.45) is 0.702. The summed E-state index contributed by atoms with van der Waals surface area (Å²) in [6, 6.07) is 4.09. The number of rotatable bonds is 3. The molecule has 0 spiro atoms. The molecule has 1 aliphatic heterocycles. The van der Waals surface area contributed by atoms with Crippen LogP contribution in [0.15, 0.2) is 29.4 Å². The van der Waals surface area contributed by atoms with Crippen LogP contribution in [0.1, 0.15) is 12.5 Å². The van der Waals surface area contributed by atoms with Gasteiger partial charge in [0, 0.05) is 24.0 Å². The number of hydrogen-bond acceptors (Lipinski definition) is 5. The first-order valence-electron chi connectivity index (χ1n) is 8.70. The number of aromatic hydroxyl groups is 1. The zero-order valence-corrected chi connectivity index (χ0v) is 14.4. The minimum atomic E-state index is -0.539. The van der Waals surface area contributed by atoms with Crippen molar-refractivity contribution in [3.05, 3.63) is 46.1 Å². The fraction of sp³-hybridized carbons (Fsp3) is 0.263. The summed E-state index contributed by atoms with van der Waals surface area (Å²) in [5.41, 5.74) is 3.58. The van der Waals surface area contributed by atoms with Crippen LogP contribution in [0, 0.1) is 10.7 Å². The maximum absolute atomic E-state index is 14.1. The minimum Gasteiger partial charge on any atom is -0.496 e. The molecule has 2 aromatic carbocycles. The van der Waals surface area contributed by atoms with E-state index in [0.29, 0.717) is 35.0 Å². The Kier molecular flexibility index (Phi) is 3.60. The molecule has 1 aromatic heterocycles. The van der Waals surface area contributed by atoms with Crippen molar-refractivity contribution in [2.45, 2.75) is 13.0 Å². The van der Waals surface area contributed by atoms with E-state index in [2.05, 4.69) is 15.1 Å². The number of nitrogens with one attached hydrogen (secondary N) is 1. The van der Waals surface area contributed by atoms with Gasteiger partial charge in [0.1, 0.15) is 11.6 Å². The van der Waals surface area contributed by atoms with Crippen molar-refractivity contribution < 1.29 is 15.6 Å². The number of methoxy groups -OCH3 is 1. The van der Waals surface area contributed by atoms with Crippen molar-refractivity contribution in [3.63, 3.8) is 0 Å². The lowest BCUT2D eigenvalue weighted by atomic mass is 9.88. The highest BCUT2D eigenvalue weighted by atomic mass is 19.1. The van der Waals surface area contributed by atoms with E-state index in [4.69, 9.17) is 6.11 Å². The Morgan fingerprint density at radius 1 is 1.38 bits per heavy atom. The van der Waals surface area contributed by atoms with Gasteiger partial charge in [-0.25, -0.2) is 4.39 Å². The van der Waals surface area contributed by atoms with Gasteiger partial charge in [-0.2, -0.15) is 0 Å². The summed E-state index contributed by atoms with van der Waals surface area (Å²) >= 11 is 0. The molecule has 4 rings (SSSR count). The average Bonchev–Trinajstić information content (AvgIpc) is 2.95. The number of halogens is 1. The number of nitrogens with zero attached hydrogens (tertiary/aromatic N) is 2.